The van der Waals surface area contributed by atoms with Gasteiger partial charge in [-0.05, 0) is 37.6 Å². The monoisotopic (exact) mass is 520 g/mol. The number of aromatic nitrogens is 2. The van der Waals surface area contributed by atoms with Crippen molar-refractivity contribution >= 4 is 33.6 Å². The molecule has 0 bridgehead atoms. The molecule has 0 saturated carbocycles. The summed E-state index contributed by atoms with van der Waals surface area (Å²) in [6.07, 6.45) is 2.22. The minimum atomic E-state index is -0.219. The fourth-order valence-corrected chi connectivity index (χ4v) is 5.51. The molecule has 1 amide bonds. The molecule has 0 N–H and O–H groups in total. The molecule has 2 aromatic rings. The second-order valence-electron chi connectivity index (χ2n) is 8.28. The molecule has 1 aliphatic rings. The Kier molecular flexibility index (Phi) is 8.96. The zero-order valence-electron chi connectivity index (χ0n) is 19.4. The van der Waals surface area contributed by atoms with E-state index in [-0.39, 0.29) is 16.7 Å². The van der Waals surface area contributed by atoms with Crippen LogP contribution in [0.4, 0.5) is 0 Å². The smallest absolute Gasteiger partial charge is 0.257 e. The molecule has 0 radical (unpaired) electrons. The van der Waals surface area contributed by atoms with E-state index < -0.39 is 0 Å². The van der Waals surface area contributed by atoms with Gasteiger partial charge in [0.25, 0.3) is 5.56 Å². The third kappa shape index (κ3) is 6.02. The van der Waals surface area contributed by atoms with Crippen LogP contribution in [-0.2, 0) is 18.3 Å². The number of carbonyl (C=O) groups excluding carboxylic acids is 1. The number of amides is 1. The summed E-state index contributed by atoms with van der Waals surface area (Å²) in [6.45, 7) is 10.5. The molecule has 6 nitrogen and oxygen atoms in total. The van der Waals surface area contributed by atoms with Crippen LogP contribution in [-0.4, -0.2) is 63.2 Å². The van der Waals surface area contributed by atoms with E-state index in [0.29, 0.717) is 17.1 Å². The maximum Gasteiger partial charge on any atom is 0.257 e. The van der Waals surface area contributed by atoms with Crippen molar-refractivity contribution in [2.24, 2.45) is 7.05 Å². The topological polar surface area (TPSA) is 58.4 Å². The number of halogens is 1. The zero-order valence-corrected chi connectivity index (χ0v) is 21.8. The number of benzene rings is 1. The highest BCUT2D eigenvalue weighted by atomic mass is 79.9. The second-order valence-corrected chi connectivity index (χ2v) is 10.4. The normalized spacial score (nSPS) is 15.7. The van der Waals surface area contributed by atoms with Crippen molar-refractivity contribution in [3.8, 4) is 0 Å². The number of likely N-dealkylation sites (N-methyl/N-ethyl adjacent to an activating group) is 1. The summed E-state index contributed by atoms with van der Waals surface area (Å²) in [7, 11) is 1.76. The van der Waals surface area contributed by atoms with E-state index in [1.54, 1.807) is 11.6 Å². The fraction of sp³-hybridized carbons (Fsp3) is 0.542. The van der Waals surface area contributed by atoms with E-state index in [9.17, 15) is 9.59 Å². The van der Waals surface area contributed by atoms with E-state index in [4.69, 9.17) is 4.98 Å². The van der Waals surface area contributed by atoms with E-state index >= 15 is 0 Å². The number of hydrogen-bond acceptors (Lipinski definition) is 5. The van der Waals surface area contributed by atoms with Crippen LogP contribution in [0, 0.1) is 6.92 Å². The summed E-state index contributed by atoms with van der Waals surface area (Å²) in [6, 6.07) is 7.99. The van der Waals surface area contributed by atoms with Gasteiger partial charge in [0.2, 0.25) is 5.91 Å². The highest BCUT2D eigenvalue weighted by molar-refractivity contribution is 9.10. The zero-order chi connectivity index (χ0) is 23.3. The van der Waals surface area contributed by atoms with Crippen LogP contribution in [0.25, 0.3) is 0 Å². The molecule has 8 heteroatoms. The van der Waals surface area contributed by atoms with Gasteiger partial charge >= 0.3 is 0 Å². The van der Waals surface area contributed by atoms with Crippen LogP contribution in [0.2, 0.25) is 0 Å². The second kappa shape index (κ2) is 11.5. The summed E-state index contributed by atoms with van der Waals surface area (Å²) in [5, 5.41) is 0.397. The first-order valence-electron chi connectivity index (χ1n) is 11.3. The van der Waals surface area contributed by atoms with Gasteiger partial charge in [-0.3, -0.25) is 14.2 Å². The third-order valence-electron chi connectivity index (χ3n) is 6.05. The van der Waals surface area contributed by atoms with Crippen molar-refractivity contribution in [1.29, 1.82) is 0 Å². The van der Waals surface area contributed by atoms with Gasteiger partial charge in [0.1, 0.15) is 0 Å². The van der Waals surface area contributed by atoms with Crippen molar-refractivity contribution in [3.05, 3.63) is 55.9 Å². The molecule has 1 atom stereocenters. The van der Waals surface area contributed by atoms with Crippen molar-refractivity contribution in [2.45, 2.75) is 50.4 Å². The van der Waals surface area contributed by atoms with E-state index in [1.807, 2.05) is 36.1 Å². The first-order valence-corrected chi connectivity index (χ1v) is 13.0. The molecule has 1 saturated heterocycles. The average Bonchev–Trinajstić information content (AvgIpc) is 2.80. The molecule has 1 fully saturated rings. The van der Waals surface area contributed by atoms with Crippen LogP contribution >= 0.6 is 27.7 Å². The number of piperazine rings is 1. The molecular weight excluding hydrogens is 488 g/mol. The minimum Gasteiger partial charge on any atom is -0.339 e. The molecule has 174 valence electrons. The van der Waals surface area contributed by atoms with Gasteiger partial charge in [-0.1, -0.05) is 60.1 Å². The number of carbonyl (C=O) groups is 1. The number of nitrogens with zero attached hydrogens (tertiary/aromatic N) is 4. The Hall–Kier alpha value is -1.64. The molecule has 32 heavy (non-hydrogen) atoms. The quantitative estimate of drug-likeness (QED) is 0.390. The Bertz CT molecular complexity index is 985. The van der Waals surface area contributed by atoms with Gasteiger partial charge in [-0.15, -0.1) is 0 Å². The fourth-order valence-electron chi connectivity index (χ4n) is 3.96. The molecule has 1 aliphatic heterocycles. The lowest BCUT2D eigenvalue weighted by Gasteiger charge is -2.35. The SMILES string of the molecule is CCCC(Sc1nc(C)c(Cc2ccc(Br)cc2)c(=O)n1C)C(=O)N1CCN(CC)CC1. The standard InChI is InChI=1S/C24H33BrN4O2S/c1-5-7-21(23(31)29-14-12-28(6-2)13-15-29)32-24-26-17(3)20(22(30)27(24)4)16-18-8-10-19(25)11-9-18/h8-11,21H,5-7,12-16H2,1-4H3. The summed E-state index contributed by atoms with van der Waals surface area (Å²) in [5.74, 6) is 0.165. The molecule has 1 unspecified atom stereocenters. The Morgan fingerprint density at radius 1 is 1.16 bits per heavy atom. The Labute approximate surface area is 203 Å². The van der Waals surface area contributed by atoms with E-state index in [0.717, 1.165) is 61.3 Å². The lowest BCUT2D eigenvalue weighted by molar-refractivity contribution is -0.132. The Morgan fingerprint density at radius 2 is 1.81 bits per heavy atom. The summed E-state index contributed by atoms with van der Waals surface area (Å²) >= 11 is 4.88. The highest BCUT2D eigenvalue weighted by Crippen LogP contribution is 2.27. The maximum absolute atomic E-state index is 13.3. The summed E-state index contributed by atoms with van der Waals surface area (Å²) in [5.41, 5.74) is 2.47. The van der Waals surface area contributed by atoms with Gasteiger partial charge in [0.05, 0.1) is 5.25 Å². The van der Waals surface area contributed by atoms with Crippen LogP contribution in [0.5, 0.6) is 0 Å². The Balaban J connectivity index is 1.79. The highest BCUT2D eigenvalue weighted by Gasteiger charge is 2.29. The van der Waals surface area contributed by atoms with Crippen LogP contribution < -0.4 is 5.56 Å². The van der Waals surface area contributed by atoms with Crippen LogP contribution in [0.3, 0.4) is 0 Å². The van der Waals surface area contributed by atoms with Gasteiger partial charge in [0, 0.05) is 55.4 Å². The van der Waals surface area contributed by atoms with Gasteiger partial charge in [-0.25, -0.2) is 4.98 Å². The van der Waals surface area contributed by atoms with E-state index in [1.165, 1.54) is 11.8 Å². The Morgan fingerprint density at radius 3 is 2.41 bits per heavy atom. The molecular formula is C24H33BrN4O2S. The third-order valence-corrected chi connectivity index (χ3v) is 7.88. The van der Waals surface area contributed by atoms with Gasteiger partial charge in [-0.2, -0.15) is 0 Å². The molecule has 0 aliphatic carbocycles. The molecule has 3 rings (SSSR count). The summed E-state index contributed by atoms with van der Waals surface area (Å²) < 4.78 is 2.62. The van der Waals surface area contributed by atoms with E-state index in [2.05, 4.69) is 34.7 Å². The first kappa shape index (κ1) is 25.0. The van der Waals surface area contributed by atoms with Gasteiger partial charge in [0.15, 0.2) is 5.16 Å². The molecule has 0 spiro atoms. The number of aryl methyl sites for hydroxylation is 1. The van der Waals surface area contributed by atoms with Crippen molar-refractivity contribution in [2.75, 3.05) is 32.7 Å². The number of thioether (sulfide) groups is 1. The maximum atomic E-state index is 13.3. The molecule has 2 heterocycles. The minimum absolute atomic E-state index is 0.0397. The number of rotatable bonds is 8. The average molecular weight is 522 g/mol. The van der Waals surface area contributed by atoms with Crippen LogP contribution in [0.15, 0.2) is 38.7 Å². The van der Waals surface area contributed by atoms with Crippen molar-refractivity contribution < 1.29 is 4.79 Å². The molecule has 1 aromatic heterocycles. The number of hydrogen-bond donors (Lipinski definition) is 0. The first-order chi connectivity index (χ1) is 15.3. The molecule has 1 aromatic carbocycles. The lowest BCUT2D eigenvalue weighted by atomic mass is 10.1. The predicted molar refractivity (Wildman–Crippen MR) is 134 cm³/mol. The van der Waals surface area contributed by atoms with Crippen molar-refractivity contribution in [3.63, 3.8) is 0 Å². The summed E-state index contributed by atoms with van der Waals surface area (Å²) in [4.78, 5) is 35.5. The van der Waals surface area contributed by atoms with Gasteiger partial charge < -0.3 is 9.80 Å². The van der Waals surface area contributed by atoms with Crippen LogP contribution in [0.1, 0.15) is 43.5 Å². The van der Waals surface area contributed by atoms with Crippen molar-refractivity contribution in [1.82, 2.24) is 19.4 Å². The largest absolute Gasteiger partial charge is 0.339 e. The predicted octanol–water partition coefficient (Wildman–Crippen LogP) is 3.87. The lowest BCUT2D eigenvalue weighted by Crippen LogP contribution is -2.50.